The number of hydrogen-bond donors (Lipinski definition) is 2. The Balaban J connectivity index is 2.12. The van der Waals surface area contributed by atoms with Crippen LogP contribution in [0.5, 0.6) is 0 Å². The van der Waals surface area contributed by atoms with Crippen LogP contribution in [0, 0.1) is 5.92 Å². The van der Waals surface area contributed by atoms with Gasteiger partial charge in [-0.25, -0.2) is 9.97 Å². The predicted molar refractivity (Wildman–Crippen MR) is 122 cm³/mol. The Morgan fingerprint density at radius 1 is 0.844 bits per heavy atom. The SMILES string of the molecule is CCOC(=O)C(Cc1cc(-c2cncnc2)ccc1-c1cc(N)cc(N)c1)C(=O)OCC. The minimum absolute atomic E-state index is 0.0865. The molecule has 0 bridgehead atoms. The molecule has 0 atom stereocenters. The van der Waals surface area contributed by atoms with Crippen LogP contribution in [-0.2, 0) is 25.5 Å². The van der Waals surface area contributed by atoms with Gasteiger partial charge >= 0.3 is 11.9 Å². The molecule has 0 aliphatic heterocycles. The van der Waals surface area contributed by atoms with Gasteiger partial charge in [-0.15, -0.1) is 0 Å². The van der Waals surface area contributed by atoms with Crippen LogP contribution in [0.1, 0.15) is 19.4 Å². The van der Waals surface area contributed by atoms with Gasteiger partial charge < -0.3 is 20.9 Å². The summed E-state index contributed by atoms with van der Waals surface area (Å²) in [4.78, 5) is 33.3. The summed E-state index contributed by atoms with van der Waals surface area (Å²) < 4.78 is 10.3. The van der Waals surface area contributed by atoms with Gasteiger partial charge in [-0.05, 0) is 60.7 Å². The Hall–Kier alpha value is -3.94. The fourth-order valence-corrected chi connectivity index (χ4v) is 3.47. The molecule has 166 valence electrons. The van der Waals surface area contributed by atoms with E-state index in [0.29, 0.717) is 11.4 Å². The third-order valence-corrected chi connectivity index (χ3v) is 4.85. The van der Waals surface area contributed by atoms with Crippen molar-refractivity contribution < 1.29 is 19.1 Å². The summed E-state index contributed by atoms with van der Waals surface area (Å²) in [5, 5.41) is 0. The van der Waals surface area contributed by atoms with Gasteiger partial charge in [-0.3, -0.25) is 9.59 Å². The van der Waals surface area contributed by atoms with E-state index >= 15 is 0 Å². The molecular formula is C24H26N4O4. The molecule has 32 heavy (non-hydrogen) atoms. The Bertz CT molecular complexity index is 1060. The van der Waals surface area contributed by atoms with Crippen molar-refractivity contribution in [3.63, 3.8) is 0 Å². The molecule has 4 N–H and O–H groups in total. The van der Waals surface area contributed by atoms with E-state index in [1.807, 2.05) is 18.2 Å². The number of ether oxygens (including phenoxy) is 2. The maximum atomic E-state index is 12.6. The summed E-state index contributed by atoms with van der Waals surface area (Å²) >= 11 is 0. The van der Waals surface area contributed by atoms with Crippen molar-refractivity contribution in [2.45, 2.75) is 20.3 Å². The largest absolute Gasteiger partial charge is 0.465 e. The summed E-state index contributed by atoms with van der Waals surface area (Å²) in [6.07, 6.45) is 4.92. The summed E-state index contributed by atoms with van der Waals surface area (Å²) in [5.74, 6) is -2.36. The number of nitrogens with two attached hydrogens (primary N) is 2. The highest BCUT2D eigenvalue weighted by molar-refractivity contribution is 5.95. The standard InChI is InChI=1S/C24H26N4O4/c1-3-31-23(29)22(24(30)32-4-2)10-16-7-15(18-12-27-14-28-13-18)5-6-21(16)17-8-19(25)11-20(26)9-17/h5-9,11-14,22H,3-4,10,25-26H2,1-2H3. The van der Waals surface area contributed by atoms with Gasteiger partial charge in [0, 0.05) is 29.3 Å². The number of aromatic nitrogens is 2. The average Bonchev–Trinajstić information content (AvgIpc) is 2.77. The molecule has 0 saturated carbocycles. The first-order chi connectivity index (χ1) is 15.4. The lowest BCUT2D eigenvalue weighted by Crippen LogP contribution is -2.30. The van der Waals surface area contributed by atoms with Crippen LogP contribution in [-0.4, -0.2) is 35.1 Å². The third-order valence-electron chi connectivity index (χ3n) is 4.85. The molecule has 0 aliphatic rings. The lowest BCUT2D eigenvalue weighted by atomic mass is 9.89. The van der Waals surface area contributed by atoms with Crippen LogP contribution >= 0.6 is 0 Å². The number of rotatable bonds is 8. The van der Waals surface area contributed by atoms with E-state index in [1.165, 1.54) is 6.33 Å². The van der Waals surface area contributed by atoms with E-state index in [2.05, 4.69) is 9.97 Å². The van der Waals surface area contributed by atoms with E-state index in [1.54, 1.807) is 44.4 Å². The molecule has 0 aliphatic carbocycles. The fourth-order valence-electron chi connectivity index (χ4n) is 3.47. The first-order valence-corrected chi connectivity index (χ1v) is 10.3. The van der Waals surface area contributed by atoms with Gasteiger partial charge in [0.2, 0.25) is 0 Å². The van der Waals surface area contributed by atoms with Crippen molar-refractivity contribution >= 4 is 23.3 Å². The molecule has 0 spiro atoms. The molecule has 8 heteroatoms. The van der Waals surface area contributed by atoms with Crippen LogP contribution in [0.2, 0.25) is 0 Å². The zero-order chi connectivity index (χ0) is 23.1. The van der Waals surface area contributed by atoms with Crippen LogP contribution in [0.15, 0.2) is 55.1 Å². The van der Waals surface area contributed by atoms with Crippen molar-refractivity contribution in [2.24, 2.45) is 5.92 Å². The van der Waals surface area contributed by atoms with Crippen molar-refractivity contribution in [2.75, 3.05) is 24.7 Å². The van der Waals surface area contributed by atoms with Gasteiger partial charge in [-0.1, -0.05) is 18.2 Å². The molecule has 3 aromatic rings. The molecule has 1 heterocycles. The maximum Gasteiger partial charge on any atom is 0.320 e. The van der Waals surface area contributed by atoms with E-state index < -0.39 is 17.9 Å². The Kier molecular flexibility index (Phi) is 7.38. The topological polar surface area (TPSA) is 130 Å². The first-order valence-electron chi connectivity index (χ1n) is 10.3. The van der Waals surface area contributed by atoms with Gasteiger partial charge in [0.25, 0.3) is 0 Å². The molecular weight excluding hydrogens is 408 g/mol. The minimum Gasteiger partial charge on any atom is -0.465 e. The molecule has 2 aromatic carbocycles. The first kappa shape index (κ1) is 22.7. The molecule has 3 rings (SSSR count). The summed E-state index contributed by atoms with van der Waals surface area (Å²) in [7, 11) is 0. The zero-order valence-electron chi connectivity index (χ0n) is 18.1. The lowest BCUT2D eigenvalue weighted by Gasteiger charge is -2.18. The van der Waals surface area contributed by atoms with Crippen molar-refractivity contribution in [1.82, 2.24) is 9.97 Å². The molecule has 0 amide bonds. The number of carbonyl (C=O) groups is 2. The molecule has 0 saturated heterocycles. The van der Waals surface area contributed by atoms with Crippen molar-refractivity contribution in [1.29, 1.82) is 0 Å². The Labute approximate surface area is 186 Å². The number of carbonyl (C=O) groups excluding carboxylic acids is 2. The second-order valence-electron chi connectivity index (χ2n) is 7.15. The number of nitrogen functional groups attached to an aromatic ring is 2. The average molecular weight is 434 g/mol. The van der Waals surface area contributed by atoms with E-state index in [-0.39, 0.29) is 19.6 Å². The number of anilines is 2. The highest BCUT2D eigenvalue weighted by Gasteiger charge is 2.31. The van der Waals surface area contributed by atoms with E-state index in [4.69, 9.17) is 20.9 Å². The number of hydrogen-bond acceptors (Lipinski definition) is 8. The van der Waals surface area contributed by atoms with Crippen LogP contribution < -0.4 is 11.5 Å². The van der Waals surface area contributed by atoms with Crippen molar-refractivity contribution in [3.05, 3.63) is 60.7 Å². The predicted octanol–water partition coefficient (Wildman–Crippen LogP) is 3.26. The van der Waals surface area contributed by atoms with Gasteiger partial charge in [-0.2, -0.15) is 0 Å². The van der Waals surface area contributed by atoms with E-state index in [0.717, 1.165) is 27.8 Å². The van der Waals surface area contributed by atoms with E-state index in [9.17, 15) is 9.59 Å². The maximum absolute atomic E-state index is 12.6. The quantitative estimate of drug-likeness (QED) is 0.314. The minimum atomic E-state index is -1.10. The van der Waals surface area contributed by atoms with Gasteiger partial charge in [0.05, 0.1) is 13.2 Å². The third kappa shape index (κ3) is 5.40. The summed E-state index contributed by atoms with van der Waals surface area (Å²) in [5.41, 5.74) is 17.0. The van der Waals surface area contributed by atoms with Crippen LogP contribution in [0.4, 0.5) is 11.4 Å². The van der Waals surface area contributed by atoms with Crippen molar-refractivity contribution in [3.8, 4) is 22.3 Å². The molecule has 8 nitrogen and oxygen atoms in total. The Morgan fingerprint density at radius 2 is 1.44 bits per heavy atom. The zero-order valence-corrected chi connectivity index (χ0v) is 18.1. The van der Waals surface area contributed by atoms with Crippen LogP contribution in [0.25, 0.3) is 22.3 Å². The summed E-state index contributed by atoms with van der Waals surface area (Å²) in [6, 6.07) is 11.0. The van der Waals surface area contributed by atoms with Gasteiger partial charge in [0.15, 0.2) is 5.92 Å². The second kappa shape index (κ2) is 10.4. The molecule has 0 unspecified atom stereocenters. The highest BCUT2D eigenvalue weighted by Crippen LogP contribution is 2.33. The van der Waals surface area contributed by atoms with Gasteiger partial charge in [0.1, 0.15) is 6.33 Å². The second-order valence-corrected chi connectivity index (χ2v) is 7.15. The number of esters is 2. The smallest absolute Gasteiger partial charge is 0.320 e. The van der Waals surface area contributed by atoms with Crippen LogP contribution in [0.3, 0.4) is 0 Å². The molecule has 1 aromatic heterocycles. The lowest BCUT2D eigenvalue weighted by molar-refractivity contribution is -0.161. The summed E-state index contributed by atoms with van der Waals surface area (Å²) in [6.45, 7) is 3.71. The molecule has 0 fully saturated rings. The number of nitrogens with zero attached hydrogens (tertiary/aromatic N) is 2. The number of benzene rings is 2. The normalized spacial score (nSPS) is 10.7. The monoisotopic (exact) mass is 434 g/mol. The fraction of sp³-hybridized carbons (Fsp3) is 0.250. The highest BCUT2D eigenvalue weighted by atomic mass is 16.6. The molecule has 0 radical (unpaired) electrons. The Morgan fingerprint density at radius 3 is 2.00 bits per heavy atom.